The molecule has 0 aliphatic carbocycles. The Morgan fingerprint density at radius 1 is 0.740 bits per heavy atom. The average Bonchev–Trinajstić information content (AvgIpc) is 3.04. The van der Waals surface area contributed by atoms with Gasteiger partial charge in [0.1, 0.15) is 7.05 Å². The van der Waals surface area contributed by atoms with Crippen molar-refractivity contribution in [2.45, 2.75) is 98.6 Å². The third-order valence-electron chi connectivity index (χ3n) is 14.1. The normalized spacial score (nSPS) is 32.2. The average molecular weight is 754 g/mol. The molecule has 10 atom stereocenters. The molecular formula is C45H68N4Y+2. The molecule has 10 unspecified atom stereocenters. The predicted molar refractivity (Wildman–Crippen MR) is 210 cm³/mol. The number of hydrogen-bond acceptors (Lipinski definition) is 1. The van der Waals surface area contributed by atoms with E-state index in [0.29, 0.717) is 11.8 Å². The second-order valence-electron chi connectivity index (χ2n) is 17.3. The van der Waals surface area contributed by atoms with Crippen LogP contribution in [-0.4, -0.2) is 66.3 Å². The van der Waals surface area contributed by atoms with Gasteiger partial charge in [0.2, 0.25) is 5.52 Å². The maximum atomic E-state index is 4.58. The van der Waals surface area contributed by atoms with Crippen LogP contribution in [0.5, 0.6) is 0 Å². The van der Waals surface area contributed by atoms with E-state index >= 15 is 0 Å². The molecule has 2 aromatic carbocycles. The Morgan fingerprint density at radius 3 is 1.76 bits per heavy atom. The van der Waals surface area contributed by atoms with Crippen LogP contribution in [0.2, 0.25) is 0 Å². The first kappa shape index (κ1) is 41.0. The molecule has 0 spiro atoms. The van der Waals surface area contributed by atoms with Crippen LogP contribution in [-0.2, 0) is 39.8 Å². The molecule has 269 valence electrons. The van der Waals surface area contributed by atoms with Gasteiger partial charge in [0.25, 0.3) is 0 Å². The molecule has 5 heteroatoms. The Morgan fingerprint density at radius 2 is 1.24 bits per heavy atom. The number of aryl methyl sites for hydroxylation is 3. The Hall–Kier alpha value is -1.72. The van der Waals surface area contributed by atoms with E-state index < -0.39 is 0 Å². The molecule has 6 aliphatic rings. The molecule has 4 nitrogen and oxygen atoms in total. The third kappa shape index (κ3) is 7.40. The Balaban J connectivity index is 0.000000212. The van der Waals surface area contributed by atoms with Crippen LogP contribution in [0.3, 0.4) is 0 Å². The van der Waals surface area contributed by atoms with Crippen LogP contribution in [0.15, 0.2) is 60.9 Å². The van der Waals surface area contributed by atoms with Gasteiger partial charge in [0, 0.05) is 106 Å². The quantitative estimate of drug-likeness (QED) is 0.115. The van der Waals surface area contributed by atoms with E-state index in [1.807, 2.05) is 6.20 Å². The minimum Gasteiger partial charge on any atom is -0.358 e. The summed E-state index contributed by atoms with van der Waals surface area (Å²) in [6.07, 6.45) is 9.92. The molecule has 10 rings (SSSR count). The molecule has 50 heavy (non-hydrogen) atoms. The van der Waals surface area contributed by atoms with E-state index in [1.54, 1.807) is 5.56 Å². The number of likely N-dealkylation sites (N-methyl/N-ethyl adjacent to an activating group) is 2. The first-order valence-corrected chi connectivity index (χ1v) is 18.8. The summed E-state index contributed by atoms with van der Waals surface area (Å²) in [5.74, 6) is 4.91. The summed E-state index contributed by atoms with van der Waals surface area (Å²) in [7, 11) is 7.18. The van der Waals surface area contributed by atoms with Crippen molar-refractivity contribution < 1.29 is 46.2 Å². The van der Waals surface area contributed by atoms with Crippen molar-refractivity contribution in [2.24, 2.45) is 30.7 Å². The van der Waals surface area contributed by atoms with E-state index in [-0.39, 0.29) is 47.6 Å². The van der Waals surface area contributed by atoms with Crippen molar-refractivity contribution in [1.82, 2.24) is 4.98 Å². The van der Waals surface area contributed by atoms with Gasteiger partial charge in [0.05, 0.1) is 63.3 Å². The first-order valence-electron chi connectivity index (χ1n) is 18.8. The van der Waals surface area contributed by atoms with Crippen molar-refractivity contribution in [3.63, 3.8) is 0 Å². The molecule has 1 radical (unpaired) electrons. The Bertz CT molecular complexity index is 1790. The number of quaternary nitrogens is 2. The number of benzene rings is 2. The van der Waals surface area contributed by atoms with Gasteiger partial charge in [-0.15, -0.1) is 0 Å². The smallest absolute Gasteiger partial charge is 0.212 e. The minimum absolute atomic E-state index is 0. The summed E-state index contributed by atoms with van der Waals surface area (Å²) in [4.78, 5) is 4.58. The second-order valence-corrected chi connectivity index (χ2v) is 17.3. The molecule has 0 amide bonds. The van der Waals surface area contributed by atoms with Crippen molar-refractivity contribution in [3.05, 3.63) is 90.6 Å². The Kier molecular flexibility index (Phi) is 12.9. The van der Waals surface area contributed by atoms with Gasteiger partial charge in [-0.3, -0.25) is 4.98 Å². The van der Waals surface area contributed by atoms with Crippen molar-refractivity contribution in [1.29, 1.82) is 0 Å². The van der Waals surface area contributed by atoms with Crippen molar-refractivity contribution in [2.75, 3.05) is 40.3 Å². The van der Waals surface area contributed by atoms with Gasteiger partial charge in [-0.25, -0.2) is 4.57 Å². The SMILES string of the molecule is C.Cc1ccc2c(c1)c(C(C)C1CC3CC[N+]1(C)CC3C)cc[n+]2C.Cc1ccc2nccc(C(C)C3CC4CC[N+]3(C)CC4C)c2c1.[CH3-].[Y]. The van der Waals surface area contributed by atoms with Crippen molar-refractivity contribution in [3.8, 4) is 0 Å². The predicted octanol–water partition coefficient (Wildman–Crippen LogP) is 9.56. The molecule has 2 aromatic heterocycles. The maximum absolute atomic E-state index is 4.58. The van der Waals surface area contributed by atoms with Gasteiger partial charge < -0.3 is 16.4 Å². The number of aromatic nitrogens is 2. The number of hydrogen-bond donors (Lipinski definition) is 0. The molecule has 6 saturated heterocycles. The van der Waals surface area contributed by atoms with Crippen molar-refractivity contribution >= 4 is 21.8 Å². The van der Waals surface area contributed by atoms with Crippen LogP contribution in [0.4, 0.5) is 0 Å². The number of pyridine rings is 2. The fourth-order valence-electron chi connectivity index (χ4n) is 11.2. The maximum Gasteiger partial charge on any atom is 0.212 e. The van der Waals surface area contributed by atoms with Gasteiger partial charge in [-0.2, -0.15) is 0 Å². The van der Waals surface area contributed by atoms with E-state index in [9.17, 15) is 0 Å². The summed E-state index contributed by atoms with van der Waals surface area (Å²) in [5, 5.41) is 2.82. The van der Waals surface area contributed by atoms with Gasteiger partial charge in [-0.1, -0.05) is 58.4 Å². The van der Waals surface area contributed by atoms with Crippen LogP contribution >= 0.6 is 0 Å². The summed E-state index contributed by atoms with van der Waals surface area (Å²) in [6, 6.07) is 19.8. The van der Waals surface area contributed by atoms with E-state index in [2.05, 4.69) is 127 Å². The molecule has 4 bridgehead atoms. The van der Waals surface area contributed by atoms with Crippen LogP contribution in [0.25, 0.3) is 21.8 Å². The molecule has 8 heterocycles. The molecule has 0 saturated carbocycles. The summed E-state index contributed by atoms with van der Waals surface area (Å²) in [5.41, 5.74) is 8.25. The first-order chi connectivity index (χ1) is 22.4. The van der Waals surface area contributed by atoms with Crippen LogP contribution < -0.4 is 4.57 Å². The largest absolute Gasteiger partial charge is 0.358 e. The minimum atomic E-state index is 0. The summed E-state index contributed by atoms with van der Waals surface area (Å²) in [6.45, 7) is 19.7. The number of rotatable bonds is 4. The summed E-state index contributed by atoms with van der Waals surface area (Å²) >= 11 is 0. The molecule has 0 N–H and O–H groups in total. The molecule has 6 fully saturated rings. The standard InChI is InChI=1S/C22H32N2.C21H29N2.CH4.CH3.Y/c1-15-6-7-21-20(12-15)19(8-10-23(21)4)17(3)22-13-18-9-11-24(22,5)14-16(18)2;1-14-5-6-20-19(11-14)18(7-9-22-20)16(3)21-12-17-8-10-23(21,4)13-15(17)2;;;/h6-8,10,12,16-18,22H,9,11,13-14H2,1-5H3;5-7,9,11,15-17,21H,8,10,12-13H2,1-4H3;1H4;1H3;/q+2;+1;;-1;. The van der Waals surface area contributed by atoms with E-state index in [1.165, 1.54) is 93.8 Å². The van der Waals surface area contributed by atoms with Crippen LogP contribution in [0, 0.1) is 44.9 Å². The number of nitrogens with zero attached hydrogens (tertiary/aromatic N) is 4. The number of fused-ring (bicyclic) bond motifs is 8. The third-order valence-corrected chi connectivity index (χ3v) is 14.1. The molecule has 6 aliphatic heterocycles. The second kappa shape index (κ2) is 15.7. The summed E-state index contributed by atoms with van der Waals surface area (Å²) < 4.78 is 4.82. The van der Waals surface area contributed by atoms with E-state index in [0.717, 1.165) is 41.3 Å². The van der Waals surface area contributed by atoms with Gasteiger partial charge in [-0.05, 0) is 61.1 Å². The topological polar surface area (TPSA) is 16.8 Å². The molecule has 4 aromatic rings. The van der Waals surface area contributed by atoms with Crippen LogP contribution in [0.1, 0.15) is 94.9 Å². The Labute approximate surface area is 331 Å². The zero-order chi connectivity index (χ0) is 33.2. The van der Waals surface area contributed by atoms with Gasteiger partial charge in [0.15, 0.2) is 6.20 Å². The zero-order valence-corrected chi connectivity index (χ0v) is 35.3. The fraction of sp³-hybridized carbons (Fsp3) is 0.578. The van der Waals surface area contributed by atoms with Gasteiger partial charge >= 0.3 is 0 Å². The zero-order valence-electron chi connectivity index (χ0n) is 32.4. The number of piperidine rings is 6. The monoisotopic (exact) mass is 753 g/mol. The molecular weight excluding hydrogens is 685 g/mol. The fourth-order valence-corrected chi connectivity index (χ4v) is 11.2. The van der Waals surface area contributed by atoms with E-state index in [4.69, 9.17) is 0 Å².